The van der Waals surface area contributed by atoms with E-state index in [1.165, 1.54) is 12.1 Å². The number of primary amides is 1. The highest BCUT2D eigenvalue weighted by Crippen LogP contribution is 2.27. The van der Waals surface area contributed by atoms with Crippen molar-refractivity contribution in [1.82, 2.24) is 9.88 Å². The minimum absolute atomic E-state index is 0.0654. The molecule has 1 unspecified atom stereocenters. The van der Waals surface area contributed by atoms with Crippen LogP contribution in [0.25, 0.3) is 11.3 Å². The van der Waals surface area contributed by atoms with Crippen LogP contribution in [0.4, 0.5) is 23.2 Å². The normalized spacial score (nSPS) is 16.1. The molecule has 3 N–H and O–H groups in total. The fourth-order valence-corrected chi connectivity index (χ4v) is 3.08. The monoisotopic (exact) mass is 434 g/mol. The summed E-state index contributed by atoms with van der Waals surface area (Å²) in [5.74, 6) is 3.25. The number of alkyl halides is 3. The van der Waals surface area contributed by atoms with Gasteiger partial charge < -0.3 is 16.0 Å². The third-order valence-corrected chi connectivity index (χ3v) is 4.64. The number of nitrogens with two attached hydrogens (primary N) is 1. The molecule has 2 amide bonds. The lowest BCUT2D eigenvalue weighted by Crippen LogP contribution is -2.24. The fourth-order valence-electron chi connectivity index (χ4n) is 3.08. The van der Waals surface area contributed by atoms with Crippen molar-refractivity contribution in [3.8, 4) is 23.1 Å². The van der Waals surface area contributed by atoms with Crippen molar-refractivity contribution < 1.29 is 27.2 Å². The van der Waals surface area contributed by atoms with Gasteiger partial charge in [0.1, 0.15) is 18.2 Å². The van der Waals surface area contributed by atoms with Gasteiger partial charge in [0.25, 0.3) is 5.91 Å². The first-order chi connectivity index (χ1) is 14.5. The molecule has 0 saturated carbocycles. The maximum Gasteiger partial charge on any atom is 0.405 e. The molecule has 1 aliphatic heterocycles. The van der Waals surface area contributed by atoms with Gasteiger partial charge in [-0.3, -0.25) is 9.59 Å². The van der Waals surface area contributed by atoms with Crippen LogP contribution in [0.2, 0.25) is 0 Å². The summed E-state index contributed by atoms with van der Waals surface area (Å²) in [4.78, 5) is 29.1. The second-order valence-electron chi connectivity index (χ2n) is 7.00. The van der Waals surface area contributed by atoms with Gasteiger partial charge in [0, 0.05) is 30.8 Å². The van der Waals surface area contributed by atoms with Gasteiger partial charge in [-0.2, -0.15) is 13.2 Å². The van der Waals surface area contributed by atoms with Crippen molar-refractivity contribution in [3.63, 3.8) is 0 Å². The maximum absolute atomic E-state index is 14.6. The summed E-state index contributed by atoms with van der Waals surface area (Å²) in [6.45, 7) is -0.855. The number of aromatic nitrogens is 1. The number of pyridine rings is 1. The topological polar surface area (TPSA) is 88.3 Å². The minimum atomic E-state index is -4.58. The summed E-state index contributed by atoms with van der Waals surface area (Å²) in [6.07, 6.45) is -3.96. The number of rotatable bonds is 4. The van der Waals surface area contributed by atoms with Crippen molar-refractivity contribution in [3.05, 3.63) is 47.4 Å². The maximum atomic E-state index is 14.6. The number of anilines is 1. The molecule has 1 aromatic carbocycles. The summed E-state index contributed by atoms with van der Waals surface area (Å²) in [7, 11) is 1.70. The van der Waals surface area contributed by atoms with Crippen molar-refractivity contribution in [1.29, 1.82) is 0 Å². The summed E-state index contributed by atoms with van der Waals surface area (Å²) in [5.41, 5.74) is 4.73. The fraction of sp³-hybridized carbons (Fsp3) is 0.286. The van der Waals surface area contributed by atoms with Crippen molar-refractivity contribution in [2.45, 2.75) is 12.6 Å². The molecule has 1 saturated heterocycles. The van der Waals surface area contributed by atoms with Gasteiger partial charge in [0.05, 0.1) is 5.69 Å². The molecule has 0 spiro atoms. The lowest BCUT2D eigenvalue weighted by Gasteiger charge is -2.14. The number of hydrogen-bond donors (Lipinski definition) is 2. The van der Waals surface area contributed by atoms with E-state index in [4.69, 9.17) is 5.73 Å². The molecule has 0 bridgehead atoms. The van der Waals surface area contributed by atoms with Gasteiger partial charge in [-0.05, 0) is 18.6 Å². The number of benzene rings is 1. The Morgan fingerprint density at radius 2 is 2.10 bits per heavy atom. The predicted octanol–water partition coefficient (Wildman–Crippen LogP) is 2.79. The highest BCUT2D eigenvalue weighted by atomic mass is 19.4. The van der Waals surface area contributed by atoms with E-state index in [9.17, 15) is 27.2 Å². The van der Waals surface area contributed by atoms with Crippen LogP contribution < -0.4 is 11.1 Å². The van der Waals surface area contributed by atoms with E-state index >= 15 is 0 Å². The molecule has 1 atom stereocenters. The molecule has 2 heterocycles. The number of carbonyl (C=O) groups excluding carboxylic acids is 2. The molecule has 1 aliphatic rings. The van der Waals surface area contributed by atoms with Gasteiger partial charge in [-0.25, -0.2) is 9.37 Å². The van der Waals surface area contributed by atoms with E-state index in [0.29, 0.717) is 18.5 Å². The smallest absolute Gasteiger partial charge is 0.374 e. The van der Waals surface area contributed by atoms with Gasteiger partial charge >= 0.3 is 6.18 Å². The molecule has 10 heteroatoms. The highest BCUT2D eigenvalue weighted by Gasteiger charge is 2.28. The van der Waals surface area contributed by atoms with Crippen LogP contribution in [-0.4, -0.2) is 48.0 Å². The standard InChI is InChI=1S/C21H18F4N4O2/c1-29-8-7-13(20(29)31)6-5-12-3-2-4-14(9-12)17-15(22)10-16(18(28-17)19(26)30)27-11-21(23,24)25/h2-4,9-10,13,27H,7-8,11H2,1H3,(H2,26,30). The van der Waals surface area contributed by atoms with Gasteiger partial charge in [-0.15, -0.1) is 0 Å². The molecule has 2 aromatic rings. The van der Waals surface area contributed by atoms with Crippen molar-refractivity contribution in [2.24, 2.45) is 11.7 Å². The lowest BCUT2D eigenvalue weighted by atomic mass is 10.0. The minimum Gasteiger partial charge on any atom is -0.374 e. The number of carbonyl (C=O) groups is 2. The second kappa shape index (κ2) is 8.63. The van der Waals surface area contributed by atoms with Gasteiger partial charge in [0.2, 0.25) is 5.91 Å². The van der Waals surface area contributed by atoms with E-state index in [-0.39, 0.29) is 17.2 Å². The van der Waals surface area contributed by atoms with E-state index in [0.717, 1.165) is 6.07 Å². The molecular formula is C21H18F4N4O2. The second-order valence-corrected chi connectivity index (χ2v) is 7.00. The summed E-state index contributed by atoms with van der Waals surface area (Å²) >= 11 is 0. The zero-order chi connectivity index (χ0) is 22.8. The molecule has 6 nitrogen and oxygen atoms in total. The molecule has 0 aliphatic carbocycles. The van der Waals surface area contributed by atoms with Crippen LogP contribution in [0.3, 0.4) is 0 Å². The lowest BCUT2D eigenvalue weighted by molar-refractivity contribution is -0.128. The molecular weight excluding hydrogens is 416 g/mol. The van der Waals surface area contributed by atoms with Crippen LogP contribution in [-0.2, 0) is 4.79 Å². The van der Waals surface area contributed by atoms with Gasteiger partial charge in [0.15, 0.2) is 11.5 Å². The van der Waals surface area contributed by atoms with E-state index in [1.807, 2.05) is 5.32 Å². The number of hydrogen-bond acceptors (Lipinski definition) is 4. The Morgan fingerprint density at radius 3 is 2.71 bits per heavy atom. The van der Waals surface area contributed by atoms with Crippen LogP contribution >= 0.6 is 0 Å². The zero-order valence-electron chi connectivity index (χ0n) is 16.4. The Labute approximate surface area is 175 Å². The third-order valence-electron chi connectivity index (χ3n) is 4.64. The largest absolute Gasteiger partial charge is 0.405 e. The Hall–Kier alpha value is -3.61. The van der Waals surface area contributed by atoms with Crippen LogP contribution in [0.15, 0.2) is 30.3 Å². The number of nitrogens with zero attached hydrogens (tertiary/aromatic N) is 2. The summed E-state index contributed by atoms with van der Waals surface area (Å²) in [6, 6.07) is 7.02. The van der Waals surface area contributed by atoms with Gasteiger partial charge in [-0.1, -0.05) is 24.0 Å². The van der Waals surface area contributed by atoms with E-state index < -0.39 is 41.7 Å². The highest BCUT2D eigenvalue weighted by molar-refractivity contribution is 5.97. The molecule has 1 fully saturated rings. The Bertz CT molecular complexity index is 1090. The first kappa shape index (κ1) is 22.1. The first-order valence-electron chi connectivity index (χ1n) is 9.23. The van der Waals surface area contributed by atoms with E-state index in [2.05, 4.69) is 16.8 Å². The molecule has 0 radical (unpaired) electrons. The van der Waals surface area contributed by atoms with Crippen molar-refractivity contribution in [2.75, 3.05) is 25.5 Å². The quantitative estimate of drug-likeness (QED) is 0.572. The van der Waals surface area contributed by atoms with Crippen LogP contribution in [0.5, 0.6) is 0 Å². The average Bonchev–Trinajstić information content (AvgIpc) is 3.02. The molecule has 1 aromatic heterocycles. The number of nitrogens with one attached hydrogen (secondary N) is 1. The Balaban J connectivity index is 1.92. The SMILES string of the molecule is CN1CCC(C#Cc2cccc(-c3nc(C(N)=O)c(NCC(F)(F)F)cc3F)c2)C1=O. The first-order valence-corrected chi connectivity index (χ1v) is 9.23. The number of amides is 2. The van der Waals surface area contributed by atoms with Crippen LogP contribution in [0.1, 0.15) is 22.5 Å². The molecule has 3 rings (SSSR count). The summed E-state index contributed by atoms with van der Waals surface area (Å²) in [5, 5.41) is 1.94. The number of halogens is 4. The zero-order valence-corrected chi connectivity index (χ0v) is 16.4. The van der Waals surface area contributed by atoms with Crippen molar-refractivity contribution >= 4 is 17.5 Å². The molecule has 162 valence electrons. The third kappa shape index (κ3) is 5.31. The Morgan fingerprint density at radius 1 is 1.35 bits per heavy atom. The predicted molar refractivity (Wildman–Crippen MR) is 105 cm³/mol. The Kier molecular flexibility index (Phi) is 6.15. The number of likely N-dealkylation sites (tertiary alicyclic amines) is 1. The van der Waals surface area contributed by atoms with Crippen LogP contribution in [0, 0.1) is 23.6 Å². The summed E-state index contributed by atoms with van der Waals surface area (Å²) < 4.78 is 52.0. The van der Waals surface area contributed by atoms with E-state index in [1.54, 1.807) is 24.1 Å². The average molecular weight is 434 g/mol. The molecule has 31 heavy (non-hydrogen) atoms.